The molecule has 1 N–H and O–H groups in total. The normalized spacial score (nSPS) is 18.6. The zero-order valence-electron chi connectivity index (χ0n) is 15.4. The maximum atomic E-state index is 14.4. The lowest BCUT2D eigenvalue weighted by atomic mass is 10.1. The Morgan fingerprint density at radius 1 is 1.22 bits per heavy atom. The van der Waals surface area contributed by atoms with Gasteiger partial charge in [0.15, 0.2) is 0 Å². The molecule has 0 radical (unpaired) electrons. The number of rotatable bonds is 3. The number of aromatic nitrogens is 2. The first kappa shape index (κ1) is 17.7. The van der Waals surface area contributed by atoms with Crippen molar-refractivity contribution in [1.29, 1.82) is 0 Å². The Morgan fingerprint density at radius 2 is 2.04 bits per heavy atom. The van der Waals surface area contributed by atoms with E-state index < -0.39 is 5.82 Å². The summed E-state index contributed by atoms with van der Waals surface area (Å²) in [5.41, 5.74) is 2.56. The van der Waals surface area contributed by atoms with Crippen LogP contribution in [-0.2, 0) is 6.54 Å². The van der Waals surface area contributed by atoms with E-state index in [2.05, 4.69) is 33.9 Å². The number of imidazole rings is 1. The van der Waals surface area contributed by atoms with Gasteiger partial charge in [0.25, 0.3) is 5.91 Å². The molecule has 2 heterocycles. The Bertz CT molecular complexity index is 940. The highest BCUT2D eigenvalue weighted by Crippen LogP contribution is 2.20. The number of amides is 1. The molecular formula is C21H23FN4O. The Kier molecular flexibility index (Phi) is 4.90. The second-order valence-corrected chi connectivity index (χ2v) is 7.14. The molecule has 140 valence electrons. The van der Waals surface area contributed by atoms with E-state index in [1.165, 1.54) is 18.0 Å². The fourth-order valence-electron chi connectivity index (χ4n) is 3.65. The van der Waals surface area contributed by atoms with Crippen LogP contribution in [0.3, 0.4) is 0 Å². The van der Waals surface area contributed by atoms with E-state index in [0.717, 1.165) is 19.5 Å². The third-order valence-electron chi connectivity index (χ3n) is 5.35. The summed E-state index contributed by atoms with van der Waals surface area (Å²) >= 11 is 0. The maximum absolute atomic E-state index is 14.4. The highest BCUT2D eigenvalue weighted by atomic mass is 19.1. The summed E-state index contributed by atoms with van der Waals surface area (Å²) in [4.78, 5) is 24.1. The summed E-state index contributed by atoms with van der Waals surface area (Å²) in [6.07, 6.45) is 2.37. The van der Waals surface area contributed by atoms with E-state index in [9.17, 15) is 9.18 Å². The van der Waals surface area contributed by atoms with E-state index in [-0.39, 0.29) is 11.5 Å². The van der Waals surface area contributed by atoms with Gasteiger partial charge in [-0.05, 0) is 25.0 Å². The predicted octanol–water partition coefficient (Wildman–Crippen LogP) is 3.44. The Morgan fingerprint density at radius 3 is 2.85 bits per heavy atom. The average Bonchev–Trinajstić information content (AvgIpc) is 3.05. The van der Waals surface area contributed by atoms with E-state index in [0.29, 0.717) is 30.2 Å². The lowest BCUT2D eigenvalue weighted by Gasteiger charge is -2.26. The number of H-pyrrole nitrogens is 1. The van der Waals surface area contributed by atoms with Crippen LogP contribution in [0.5, 0.6) is 0 Å². The molecule has 0 bridgehead atoms. The van der Waals surface area contributed by atoms with Crippen LogP contribution in [0.25, 0.3) is 11.0 Å². The van der Waals surface area contributed by atoms with Crippen molar-refractivity contribution >= 4 is 16.9 Å². The van der Waals surface area contributed by atoms with Crippen molar-refractivity contribution in [2.24, 2.45) is 0 Å². The van der Waals surface area contributed by atoms with Gasteiger partial charge < -0.3 is 9.88 Å². The van der Waals surface area contributed by atoms with Crippen LogP contribution in [0.4, 0.5) is 4.39 Å². The number of nitrogens with one attached hydrogen (secondary N) is 1. The van der Waals surface area contributed by atoms with E-state index in [4.69, 9.17) is 0 Å². The molecule has 4 rings (SSSR count). The first-order valence-electron chi connectivity index (χ1n) is 9.31. The van der Waals surface area contributed by atoms with Crippen molar-refractivity contribution in [2.45, 2.75) is 25.9 Å². The van der Waals surface area contributed by atoms with Crippen LogP contribution < -0.4 is 0 Å². The molecule has 1 amide bonds. The lowest BCUT2D eigenvalue weighted by Crippen LogP contribution is -2.36. The lowest BCUT2D eigenvalue weighted by molar-refractivity contribution is 0.0756. The molecule has 0 aliphatic carbocycles. The molecule has 6 heteroatoms. The van der Waals surface area contributed by atoms with Gasteiger partial charge >= 0.3 is 0 Å². The first-order chi connectivity index (χ1) is 13.1. The molecule has 0 spiro atoms. The smallest absolute Gasteiger partial charge is 0.256 e. The van der Waals surface area contributed by atoms with Crippen LogP contribution in [0.1, 0.15) is 29.3 Å². The van der Waals surface area contributed by atoms with E-state index in [1.807, 2.05) is 18.2 Å². The van der Waals surface area contributed by atoms with Crippen LogP contribution in [-0.4, -0.2) is 51.4 Å². The van der Waals surface area contributed by atoms with Gasteiger partial charge in [-0.15, -0.1) is 0 Å². The number of benzene rings is 2. The number of carbonyl (C=O) groups excluding carboxylic acids is 1. The number of hydrogen-bond donors (Lipinski definition) is 1. The van der Waals surface area contributed by atoms with E-state index >= 15 is 0 Å². The zero-order chi connectivity index (χ0) is 18.8. The standard InChI is InChI=1S/C21H23FN4O/c1-15-7-8-25(9-10-26(15)13-16-5-3-2-4-6-16)21(27)17-11-19-20(12-18(17)22)24-14-23-19/h2-6,11-12,14-15H,7-10,13H2,1H3,(H,23,24). The number of carbonyl (C=O) groups is 1. The molecule has 1 fully saturated rings. The molecule has 2 aromatic carbocycles. The summed E-state index contributed by atoms with van der Waals surface area (Å²) in [7, 11) is 0. The zero-order valence-corrected chi connectivity index (χ0v) is 15.4. The minimum absolute atomic E-state index is 0.0961. The largest absolute Gasteiger partial charge is 0.345 e. The Balaban J connectivity index is 1.49. The highest BCUT2D eigenvalue weighted by molar-refractivity contribution is 5.97. The van der Waals surface area contributed by atoms with Crippen molar-refractivity contribution in [3.63, 3.8) is 0 Å². The van der Waals surface area contributed by atoms with Crippen molar-refractivity contribution in [3.8, 4) is 0 Å². The number of nitrogens with zero attached hydrogens (tertiary/aromatic N) is 3. The first-order valence-corrected chi connectivity index (χ1v) is 9.31. The summed E-state index contributed by atoms with van der Waals surface area (Å²) in [5.74, 6) is -0.763. The SMILES string of the molecule is CC1CCN(C(=O)c2cc3nc[nH]c3cc2F)CCN1Cc1ccccc1. The van der Waals surface area contributed by atoms with Gasteiger partial charge in [-0.1, -0.05) is 30.3 Å². The van der Waals surface area contributed by atoms with Gasteiger partial charge in [-0.25, -0.2) is 9.37 Å². The van der Waals surface area contributed by atoms with Crippen molar-refractivity contribution in [1.82, 2.24) is 19.8 Å². The third kappa shape index (κ3) is 3.71. The van der Waals surface area contributed by atoms with Gasteiger partial charge in [-0.3, -0.25) is 9.69 Å². The molecule has 1 saturated heterocycles. The van der Waals surface area contributed by atoms with Gasteiger partial charge in [-0.2, -0.15) is 0 Å². The van der Waals surface area contributed by atoms with Gasteiger partial charge in [0.05, 0.1) is 22.9 Å². The Hall–Kier alpha value is -2.73. The molecule has 27 heavy (non-hydrogen) atoms. The summed E-state index contributed by atoms with van der Waals surface area (Å²) in [6, 6.07) is 13.6. The molecule has 0 saturated carbocycles. The fraction of sp³-hybridized carbons (Fsp3) is 0.333. The molecular weight excluding hydrogens is 343 g/mol. The monoisotopic (exact) mass is 366 g/mol. The highest BCUT2D eigenvalue weighted by Gasteiger charge is 2.26. The second-order valence-electron chi connectivity index (χ2n) is 7.14. The fourth-order valence-corrected chi connectivity index (χ4v) is 3.65. The van der Waals surface area contributed by atoms with Gasteiger partial charge in [0.1, 0.15) is 5.82 Å². The third-order valence-corrected chi connectivity index (χ3v) is 5.35. The number of fused-ring (bicyclic) bond motifs is 1. The maximum Gasteiger partial charge on any atom is 0.256 e. The van der Waals surface area contributed by atoms with Gasteiger partial charge in [0.2, 0.25) is 0 Å². The second kappa shape index (κ2) is 7.48. The number of hydrogen-bond acceptors (Lipinski definition) is 3. The van der Waals surface area contributed by atoms with Crippen LogP contribution in [0, 0.1) is 5.82 Å². The van der Waals surface area contributed by atoms with Crippen LogP contribution >= 0.6 is 0 Å². The summed E-state index contributed by atoms with van der Waals surface area (Å²) in [6.45, 7) is 5.04. The molecule has 1 aromatic heterocycles. The molecule has 1 aliphatic heterocycles. The predicted molar refractivity (Wildman–Crippen MR) is 103 cm³/mol. The van der Waals surface area contributed by atoms with Crippen molar-refractivity contribution in [2.75, 3.05) is 19.6 Å². The average molecular weight is 366 g/mol. The van der Waals surface area contributed by atoms with Crippen LogP contribution in [0.2, 0.25) is 0 Å². The minimum atomic E-state index is -0.504. The van der Waals surface area contributed by atoms with Crippen LogP contribution in [0.15, 0.2) is 48.8 Å². The molecule has 1 unspecified atom stereocenters. The van der Waals surface area contributed by atoms with Gasteiger partial charge in [0, 0.05) is 38.3 Å². The molecule has 5 nitrogen and oxygen atoms in total. The topological polar surface area (TPSA) is 52.2 Å². The Labute approximate surface area is 157 Å². The quantitative estimate of drug-likeness (QED) is 0.773. The van der Waals surface area contributed by atoms with E-state index in [1.54, 1.807) is 11.0 Å². The molecule has 3 aromatic rings. The summed E-state index contributed by atoms with van der Waals surface area (Å²) < 4.78 is 14.4. The number of halogens is 1. The van der Waals surface area contributed by atoms with Crippen molar-refractivity contribution < 1.29 is 9.18 Å². The van der Waals surface area contributed by atoms with Crippen molar-refractivity contribution in [3.05, 3.63) is 65.7 Å². The summed E-state index contributed by atoms with van der Waals surface area (Å²) in [5, 5.41) is 0. The molecule has 1 atom stereocenters. The number of aromatic amines is 1. The minimum Gasteiger partial charge on any atom is -0.345 e. The molecule has 1 aliphatic rings.